The Morgan fingerprint density at radius 1 is 1.28 bits per heavy atom. The van der Waals surface area contributed by atoms with Crippen LogP contribution in [0.15, 0.2) is 29.1 Å². The molecule has 0 aliphatic carbocycles. The maximum atomic E-state index is 12.0. The largest absolute Gasteiger partial charge is 0.355 e. The molecule has 96 valence electrons. The van der Waals surface area contributed by atoms with E-state index in [-0.39, 0.29) is 18.1 Å². The number of nitrogens with one attached hydrogen (secondary N) is 1. The quantitative estimate of drug-likeness (QED) is 0.871. The molecule has 0 radical (unpaired) electrons. The second-order valence-electron chi connectivity index (χ2n) is 4.27. The number of aryl methyl sites for hydroxylation is 1. The van der Waals surface area contributed by atoms with E-state index in [1.54, 1.807) is 11.6 Å². The lowest BCUT2D eigenvalue weighted by molar-refractivity contribution is -0.121. The monoisotopic (exact) mass is 247 g/mol. The maximum absolute atomic E-state index is 12.0. The van der Waals surface area contributed by atoms with Gasteiger partial charge in [-0.3, -0.25) is 13.9 Å². The molecule has 1 amide bonds. The molecule has 18 heavy (non-hydrogen) atoms. The van der Waals surface area contributed by atoms with Crippen LogP contribution in [0, 0.1) is 0 Å². The average molecular weight is 247 g/mol. The lowest BCUT2D eigenvalue weighted by atomic mass is 10.3. The number of rotatable bonds is 4. The van der Waals surface area contributed by atoms with Gasteiger partial charge in [-0.15, -0.1) is 0 Å². The van der Waals surface area contributed by atoms with Crippen molar-refractivity contribution in [2.75, 3.05) is 6.54 Å². The van der Waals surface area contributed by atoms with Crippen LogP contribution in [0.3, 0.4) is 0 Å². The fourth-order valence-corrected chi connectivity index (χ4v) is 1.98. The van der Waals surface area contributed by atoms with Crippen molar-refractivity contribution in [1.29, 1.82) is 0 Å². The van der Waals surface area contributed by atoms with Gasteiger partial charge in [0.1, 0.15) is 6.54 Å². The number of nitrogens with zero attached hydrogens (tertiary/aromatic N) is 2. The van der Waals surface area contributed by atoms with Crippen molar-refractivity contribution < 1.29 is 4.79 Å². The molecule has 0 aliphatic heterocycles. The first-order valence-corrected chi connectivity index (χ1v) is 6.06. The van der Waals surface area contributed by atoms with Crippen LogP contribution >= 0.6 is 0 Å². The molecule has 0 bridgehead atoms. The third-order valence-corrected chi connectivity index (χ3v) is 2.93. The Kier molecular flexibility index (Phi) is 3.50. The van der Waals surface area contributed by atoms with Crippen LogP contribution in [0.25, 0.3) is 11.0 Å². The lowest BCUT2D eigenvalue weighted by Gasteiger charge is -2.04. The van der Waals surface area contributed by atoms with Gasteiger partial charge < -0.3 is 5.32 Å². The van der Waals surface area contributed by atoms with E-state index in [9.17, 15) is 9.59 Å². The van der Waals surface area contributed by atoms with Crippen molar-refractivity contribution >= 4 is 16.9 Å². The highest BCUT2D eigenvalue weighted by Crippen LogP contribution is 2.10. The predicted octanol–water partition coefficient (Wildman–Crippen LogP) is 0.866. The summed E-state index contributed by atoms with van der Waals surface area (Å²) in [6, 6.07) is 7.46. The van der Waals surface area contributed by atoms with Gasteiger partial charge in [0.15, 0.2) is 0 Å². The Hall–Kier alpha value is -2.04. The van der Waals surface area contributed by atoms with Gasteiger partial charge >= 0.3 is 5.69 Å². The number of aromatic nitrogens is 2. The summed E-state index contributed by atoms with van der Waals surface area (Å²) >= 11 is 0. The number of amides is 1. The van der Waals surface area contributed by atoms with E-state index < -0.39 is 0 Å². The number of fused-ring (bicyclic) bond motifs is 1. The minimum absolute atomic E-state index is 0.0696. The molecule has 0 spiro atoms. The average Bonchev–Trinajstić information content (AvgIpc) is 2.62. The highest BCUT2D eigenvalue weighted by Gasteiger charge is 2.12. The number of benzene rings is 1. The van der Waals surface area contributed by atoms with Crippen LogP contribution in [0.4, 0.5) is 0 Å². The molecule has 2 aromatic rings. The number of carbonyl (C=O) groups excluding carboxylic acids is 1. The fraction of sp³-hybridized carbons (Fsp3) is 0.385. The summed E-state index contributed by atoms with van der Waals surface area (Å²) < 4.78 is 3.06. The first-order chi connectivity index (χ1) is 8.65. The second kappa shape index (κ2) is 5.08. The van der Waals surface area contributed by atoms with E-state index >= 15 is 0 Å². The first-order valence-electron chi connectivity index (χ1n) is 6.06. The molecule has 0 aliphatic rings. The van der Waals surface area contributed by atoms with Crippen molar-refractivity contribution in [1.82, 2.24) is 14.5 Å². The zero-order valence-electron chi connectivity index (χ0n) is 10.6. The fourth-order valence-electron chi connectivity index (χ4n) is 1.98. The first kappa shape index (κ1) is 12.4. The third kappa shape index (κ3) is 2.16. The molecular weight excluding hydrogens is 230 g/mol. The third-order valence-electron chi connectivity index (χ3n) is 2.93. The Morgan fingerprint density at radius 3 is 2.61 bits per heavy atom. The highest BCUT2D eigenvalue weighted by molar-refractivity contribution is 5.80. The molecule has 5 nitrogen and oxygen atoms in total. The zero-order valence-corrected chi connectivity index (χ0v) is 10.6. The lowest BCUT2D eigenvalue weighted by Crippen LogP contribution is -2.32. The summed E-state index contributed by atoms with van der Waals surface area (Å²) in [6.45, 7) is 2.70. The number of imidazole rings is 1. The maximum Gasteiger partial charge on any atom is 0.329 e. The minimum atomic E-state index is -0.164. The molecule has 1 aromatic heterocycles. The van der Waals surface area contributed by atoms with E-state index in [0.29, 0.717) is 6.54 Å². The van der Waals surface area contributed by atoms with Gasteiger partial charge in [0.05, 0.1) is 11.0 Å². The number of carbonyl (C=O) groups is 1. The van der Waals surface area contributed by atoms with Crippen LogP contribution < -0.4 is 11.0 Å². The van der Waals surface area contributed by atoms with Crippen molar-refractivity contribution in [3.8, 4) is 0 Å². The number of para-hydroxylation sites is 2. The SMILES string of the molecule is CCCNC(=O)Cn1c(=O)n(C)c2ccccc21. The Labute approximate surface area is 105 Å². The summed E-state index contributed by atoms with van der Waals surface area (Å²) in [5.41, 5.74) is 1.46. The molecule has 0 unspecified atom stereocenters. The van der Waals surface area contributed by atoms with Crippen LogP contribution in [0.1, 0.15) is 13.3 Å². The van der Waals surface area contributed by atoms with Crippen molar-refractivity contribution in [3.63, 3.8) is 0 Å². The van der Waals surface area contributed by atoms with Crippen molar-refractivity contribution in [3.05, 3.63) is 34.7 Å². The molecule has 0 saturated heterocycles. The summed E-state index contributed by atoms with van der Waals surface area (Å²) in [5.74, 6) is -0.129. The van der Waals surface area contributed by atoms with Crippen LogP contribution in [0.5, 0.6) is 0 Å². The van der Waals surface area contributed by atoms with E-state index in [1.807, 2.05) is 31.2 Å². The zero-order chi connectivity index (χ0) is 13.1. The van der Waals surface area contributed by atoms with Crippen LogP contribution in [-0.2, 0) is 18.4 Å². The summed E-state index contributed by atoms with van der Waals surface area (Å²) in [7, 11) is 1.71. The normalized spacial score (nSPS) is 10.8. The Bertz CT molecular complexity index is 625. The van der Waals surface area contributed by atoms with Gasteiger partial charge in [0, 0.05) is 13.6 Å². The van der Waals surface area contributed by atoms with E-state index in [1.165, 1.54) is 4.57 Å². The van der Waals surface area contributed by atoms with Gasteiger partial charge in [-0.25, -0.2) is 4.79 Å². The van der Waals surface area contributed by atoms with Gasteiger partial charge in [0.2, 0.25) is 5.91 Å². The smallest absolute Gasteiger partial charge is 0.329 e. The van der Waals surface area contributed by atoms with E-state index in [0.717, 1.165) is 17.5 Å². The van der Waals surface area contributed by atoms with Crippen LogP contribution in [-0.4, -0.2) is 21.6 Å². The van der Waals surface area contributed by atoms with Gasteiger partial charge in [-0.2, -0.15) is 0 Å². The number of hydrogen-bond acceptors (Lipinski definition) is 2. The van der Waals surface area contributed by atoms with Crippen molar-refractivity contribution in [2.24, 2.45) is 7.05 Å². The van der Waals surface area contributed by atoms with Crippen molar-refractivity contribution in [2.45, 2.75) is 19.9 Å². The Morgan fingerprint density at radius 2 is 1.94 bits per heavy atom. The standard InChI is InChI=1S/C13H17N3O2/c1-3-8-14-12(17)9-16-11-7-5-4-6-10(11)15(2)13(16)18/h4-7H,3,8-9H2,1-2H3,(H,14,17). The highest BCUT2D eigenvalue weighted by atomic mass is 16.2. The second-order valence-corrected chi connectivity index (χ2v) is 4.27. The summed E-state index contributed by atoms with van der Waals surface area (Å²) in [5, 5.41) is 2.77. The summed E-state index contributed by atoms with van der Waals surface area (Å²) in [4.78, 5) is 23.7. The molecule has 1 aromatic carbocycles. The summed E-state index contributed by atoms with van der Waals surface area (Å²) in [6.07, 6.45) is 0.885. The van der Waals surface area contributed by atoms with Gasteiger partial charge in [0.25, 0.3) is 0 Å². The molecule has 0 saturated carbocycles. The van der Waals surface area contributed by atoms with Gasteiger partial charge in [-0.1, -0.05) is 19.1 Å². The minimum Gasteiger partial charge on any atom is -0.355 e. The van der Waals surface area contributed by atoms with E-state index in [2.05, 4.69) is 5.32 Å². The Balaban J connectivity index is 2.36. The molecule has 0 fully saturated rings. The predicted molar refractivity (Wildman–Crippen MR) is 70.5 cm³/mol. The van der Waals surface area contributed by atoms with Gasteiger partial charge in [-0.05, 0) is 18.6 Å². The molecular formula is C13H17N3O2. The van der Waals surface area contributed by atoms with E-state index in [4.69, 9.17) is 0 Å². The molecule has 1 N–H and O–H groups in total. The molecule has 2 rings (SSSR count). The topological polar surface area (TPSA) is 56.0 Å². The number of hydrogen-bond donors (Lipinski definition) is 1. The molecule has 5 heteroatoms. The molecule has 1 heterocycles. The molecule has 0 atom stereocenters. The van der Waals surface area contributed by atoms with Crippen LogP contribution in [0.2, 0.25) is 0 Å².